The molecule has 1 heterocycles. The summed E-state index contributed by atoms with van der Waals surface area (Å²) in [6, 6.07) is 9.83. The molecule has 0 saturated carbocycles. The van der Waals surface area contributed by atoms with E-state index in [4.69, 9.17) is 5.11 Å². The van der Waals surface area contributed by atoms with Gasteiger partial charge in [0, 0.05) is 6.42 Å². The number of aromatic nitrogens is 2. The van der Waals surface area contributed by atoms with Crippen LogP contribution in [0.15, 0.2) is 36.4 Å². The second-order valence-corrected chi connectivity index (χ2v) is 5.99. The van der Waals surface area contributed by atoms with Gasteiger partial charge in [-0.25, -0.2) is 14.4 Å². The lowest BCUT2D eigenvalue weighted by atomic mass is 10.0. The van der Waals surface area contributed by atoms with Crippen LogP contribution in [0.2, 0.25) is 0 Å². The SMILES string of the molecule is Cc1nc(Cc2ccc3cc(F)ccc3c2)c(O)c(C(=O)NCC(=O)O)n1. The molecule has 8 heteroatoms. The van der Waals surface area contributed by atoms with E-state index in [0.717, 1.165) is 16.3 Å². The van der Waals surface area contributed by atoms with Crippen molar-refractivity contribution in [1.29, 1.82) is 0 Å². The summed E-state index contributed by atoms with van der Waals surface area (Å²) >= 11 is 0. The Kier molecular flexibility index (Phi) is 4.98. The fourth-order valence-electron chi connectivity index (χ4n) is 2.72. The summed E-state index contributed by atoms with van der Waals surface area (Å²) in [5.41, 5.74) is 0.769. The minimum atomic E-state index is -1.21. The van der Waals surface area contributed by atoms with Crippen LogP contribution in [0.4, 0.5) is 4.39 Å². The average molecular weight is 369 g/mol. The van der Waals surface area contributed by atoms with Crippen molar-refractivity contribution in [2.24, 2.45) is 0 Å². The molecular formula is C19H16FN3O4. The van der Waals surface area contributed by atoms with Gasteiger partial charge in [-0.05, 0) is 35.4 Å². The molecule has 0 spiro atoms. The van der Waals surface area contributed by atoms with Gasteiger partial charge < -0.3 is 15.5 Å². The van der Waals surface area contributed by atoms with E-state index < -0.39 is 24.2 Å². The first-order valence-electron chi connectivity index (χ1n) is 8.08. The first-order valence-corrected chi connectivity index (χ1v) is 8.08. The number of aromatic hydroxyl groups is 1. The summed E-state index contributed by atoms with van der Waals surface area (Å²) < 4.78 is 13.3. The van der Waals surface area contributed by atoms with Crippen molar-refractivity contribution < 1.29 is 24.2 Å². The van der Waals surface area contributed by atoms with Crippen molar-refractivity contribution in [3.05, 3.63) is 65.0 Å². The highest BCUT2D eigenvalue weighted by Crippen LogP contribution is 2.24. The maximum Gasteiger partial charge on any atom is 0.322 e. The smallest absolute Gasteiger partial charge is 0.322 e. The number of amides is 1. The molecular weight excluding hydrogens is 353 g/mol. The number of hydrogen-bond acceptors (Lipinski definition) is 5. The van der Waals surface area contributed by atoms with Gasteiger partial charge in [0.15, 0.2) is 11.4 Å². The molecule has 0 aliphatic rings. The van der Waals surface area contributed by atoms with E-state index in [0.29, 0.717) is 0 Å². The Bertz CT molecular complexity index is 1050. The second-order valence-electron chi connectivity index (χ2n) is 5.99. The fraction of sp³-hybridized carbons (Fsp3) is 0.158. The number of benzene rings is 2. The number of nitrogens with zero attached hydrogens (tertiary/aromatic N) is 2. The van der Waals surface area contributed by atoms with Crippen LogP contribution in [0.5, 0.6) is 5.75 Å². The predicted octanol–water partition coefficient (Wildman–Crippen LogP) is 2.19. The average Bonchev–Trinajstić information content (AvgIpc) is 2.62. The first kappa shape index (κ1) is 18.2. The van der Waals surface area contributed by atoms with Crippen molar-refractivity contribution >= 4 is 22.6 Å². The lowest BCUT2D eigenvalue weighted by molar-refractivity contribution is -0.135. The van der Waals surface area contributed by atoms with Crippen LogP contribution in [0, 0.1) is 12.7 Å². The number of aryl methyl sites for hydroxylation is 1. The summed E-state index contributed by atoms with van der Waals surface area (Å²) in [7, 11) is 0. The summed E-state index contributed by atoms with van der Waals surface area (Å²) in [5, 5.41) is 22.8. The zero-order chi connectivity index (χ0) is 19.6. The molecule has 0 bridgehead atoms. The Balaban J connectivity index is 1.91. The lowest BCUT2D eigenvalue weighted by Gasteiger charge is -2.10. The molecule has 0 radical (unpaired) electrons. The Morgan fingerprint density at radius 2 is 1.81 bits per heavy atom. The third kappa shape index (κ3) is 4.17. The third-order valence-electron chi connectivity index (χ3n) is 3.92. The number of carboxylic acid groups (broad SMARTS) is 1. The number of hydrogen-bond donors (Lipinski definition) is 3. The lowest BCUT2D eigenvalue weighted by Crippen LogP contribution is -2.30. The predicted molar refractivity (Wildman–Crippen MR) is 95.1 cm³/mol. The van der Waals surface area contributed by atoms with E-state index in [-0.39, 0.29) is 29.5 Å². The first-order chi connectivity index (χ1) is 12.8. The van der Waals surface area contributed by atoms with Gasteiger partial charge in [-0.1, -0.05) is 24.3 Å². The van der Waals surface area contributed by atoms with Crippen molar-refractivity contribution in [3.63, 3.8) is 0 Å². The number of carboxylic acids is 1. The molecule has 0 fully saturated rings. The molecule has 0 saturated heterocycles. The number of halogens is 1. The van der Waals surface area contributed by atoms with Crippen molar-refractivity contribution in [3.8, 4) is 5.75 Å². The van der Waals surface area contributed by atoms with E-state index in [2.05, 4.69) is 15.3 Å². The van der Waals surface area contributed by atoms with Crippen LogP contribution in [-0.2, 0) is 11.2 Å². The Hall–Kier alpha value is -3.55. The molecule has 1 amide bonds. The number of carbonyl (C=O) groups is 2. The molecule has 7 nitrogen and oxygen atoms in total. The van der Waals surface area contributed by atoms with Crippen LogP contribution in [0.25, 0.3) is 10.8 Å². The Labute approximate surface area is 153 Å². The minimum Gasteiger partial charge on any atom is -0.504 e. The number of aliphatic carboxylic acids is 1. The maximum absolute atomic E-state index is 13.3. The van der Waals surface area contributed by atoms with Gasteiger partial charge in [-0.3, -0.25) is 9.59 Å². The van der Waals surface area contributed by atoms with Crippen LogP contribution >= 0.6 is 0 Å². The minimum absolute atomic E-state index is 0.224. The summed E-state index contributed by atoms with van der Waals surface area (Å²) in [6.07, 6.45) is 0.224. The molecule has 3 rings (SSSR count). The molecule has 0 atom stereocenters. The van der Waals surface area contributed by atoms with E-state index in [1.165, 1.54) is 12.1 Å². The van der Waals surface area contributed by atoms with Crippen molar-refractivity contribution in [2.75, 3.05) is 6.54 Å². The molecule has 3 aromatic rings. The summed E-state index contributed by atoms with van der Waals surface area (Å²) in [4.78, 5) is 30.8. The normalized spacial score (nSPS) is 10.7. The quantitative estimate of drug-likeness (QED) is 0.635. The molecule has 1 aromatic heterocycles. The Morgan fingerprint density at radius 1 is 1.11 bits per heavy atom. The van der Waals surface area contributed by atoms with Gasteiger partial charge in [-0.15, -0.1) is 0 Å². The molecule has 0 aliphatic carbocycles. The van der Waals surface area contributed by atoms with Gasteiger partial charge in [-0.2, -0.15) is 0 Å². The third-order valence-corrected chi connectivity index (χ3v) is 3.92. The van der Waals surface area contributed by atoms with Gasteiger partial charge in [0.2, 0.25) is 0 Å². The number of nitrogens with one attached hydrogen (secondary N) is 1. The number of rotatable bonds is 5. The van der Waals surface area contributed by atoms with Crippen molar-refractivity contribution in [1.82, 2.24) is 15.3 Å². The van der Waals surface area contributed by atoms with Gasteiger partial charge >= 0.3 is 5.97 Å². The molecule has 27 heavy (non-hydrogen) atoms. The molecule has 0 unspecified atom stereocenters. The topological polar surface area (TPSA) is 112 Å². The second kappa shape index (κ2) is 7.36. The van der Waals surface area contributed by atoms with E-state index in [1.54, 1.807) is 25.1 Å². The van der Waals surface area contributed by atoms with Crippen molar-refractivity contribution in [2.45, 2.75) is 13.3 Å². The van der Waals surface area contributed by atoms with Crippen LogP contribution in [0.1, 0.15) is 27.6 Å². The number of carbonyl (C=O) groups excluding carboxylic acids is 1. The molecule has 2 aromatic carbocycles. The Morgan fingerprint density at radius 3 is 2.56 bits per heavy atom. The highest BCUT2D eigenvalue weighted by Gasteiger charge is 2.19. The zero-order valence-corrected chi connectivity index (χ0v) is 14.4. The van der Waals surface area contributed by atoms with E-state index in [1.807, 2.05) is 6.07 Å². The largest absolute Gasteiger partial charge is 0.504 e. The van der Waals surface area contributed by atoms with E-state index >= 15 is 0 Å². The highest BCUT2D eigenvalue weighted by molar-refractivity contribution is 5.96. The van der Waals surface area contributed by atoms with Gasteiger partial charge in [0.25, 0.3) is 5.91 Å². The standard InChI is InChI=1S/C19H16FN3O4/c1-10-22-15(18(26)17(23-10)19(27)21-9-16(24)25)7-11-2-3-13-8-14(20)5-4-12(13)6-11/h2-6,8,26H,7,9H2,1H3,(H,21,27)(H,24,25). The maximum atomic E-state index is 13.3. The van der Waals surface area contributed by atoms with Crippen LogP contribution in [-0.4, -0.2) is 38.6 Å². The number of fused-ring (bicyclic) bond motifs is 1. The summed E-state index contributed by atoms with van der Waals surface area (Å²) in [6.45, 7) is 0.984. The molecule has 138 valence electrons. The van der Waals surface area contributed by atoms with Crippen LogP contribution in [0.3, 0.4) is 0 Å². The molecule has 0 aliphatic heterocycles. The zero-order valence-electron chi connectivity index (χ0n) is 14.4. The summed E-state index contributed by atoms with van der Waals surface area (Å²) in [5.74, 6) is -2.46. The fourth-order valence-corrected chi connectivity index (χ4v) is 2.72. The van der Waals surface area contributed by atoms with Gasteiger partial charge in [0.05, 0.1) is 5.69 Å². The van der Waals surface area contributed by atoms with Crippen LogP contribution < -0.4 is 5.32 Å². The highest BCUT2D eigenvalue weighted by atomic mass is 19.1. The van der Waals surface area contributed by atoms with E-state index in [9.17, 15) is 19.1 Å². The molecule has 3 N–H and O–H groups in total. The van der Waals surface area contributed by atoms with Gasteiger partial charge in [0.1, 0.15) is 18.2 Å². The monoisotopic (exact) mass is 369 g/mol.